The van der Waals surface area contributed by atoms with E-state index in [1.807, 2.05) is 24.3 Å². The highest BCUT2D eigenvalue weighted by atomic mass is 19.3. The maximum atomic E-state index is 13.3. The van der Waals surface area contributed by atoms with Crippen molar-refractivity contribution in [2.75, 3.05) is 18.0 Å². The first-order valence-electron chi connectivity index (χ1n) is 12.2. The van der Waals surface area contributed by atoms with Gasteiger partial charge in [-0.15, -0.1) is 0 Å². The number of aryl methyl sites for hydroxylation is 1. The summed E-state index contributed by atoms with van der Waals surface area (Å²) in [6, 6.07) is 9.58. The molecule has 9 heteroatoms. The van der Waals surface area contributed by atoms with Crippen LogP contribution >= 0.6 is 0 Å². The number of rotatable bonds is 4. The van der Waals surface area contributed by atoms with Gasteiger partial charge in [0, 0.05) is 48.7 Å². The summed E-state index contributed by atoms with van der Waals surface area (Å²) < 4.78 is 33.7. The van der Waals surface area contributed by atoms with E-state index in [-0.39, 0.29) is 5.75 Å². The van der Waals surface area contributed by atoms with Crippen LogP contribution in [-0.4, -0.2) is 44.3 Å². The number of halogens is 2. The van der Waals surface area contributed by atoms with Gasteiger partial charge in [-0.1, -0.05) is 12.1 Å². The lowest BCUT2D eigenvalue weighted by atomic mass is 9.95. The SMILES string of the molecule is CC(C)(O)c1ncc(-c2ccc3nc4n(c3c2)Cc2c(OC(F)F)ccc3c2N(CCC3)CC4)cn1. The number of hydrogen-bond acceptors (Lipinski definition) is 6. The largest absolute Gasteiger partial charge is 0.434 e. The number of imidazole rings is 1. The van der Waals surface area contributed by atoms with Crippen molar-refractivity contribution in [1.82, 2.24) is 19.5 Å². The minimum absolute atomic E-state index is 0.220. The molecule has 2 aliphatic rings. The third kappa shape index (κ3) is 3.97. The first-order chi connectivity index (χ1) is 17.3. The van der Waals surface area contributed by atoms with E-state index in [4.69, 9.17) is 9.72 Å². The number of anilines is 1. The molecular weight excluding hydrogens is 464 g/mol. The Bertz CT molecular complexity index is 1440. The fourth-order valence-corrected chi connectivity index (χ4v) is 5.32. The zero-order chi connectivity index (χ0) is 25.0. The van der Waals surface area contributed by atoms with Gasteiger partial charge in [0.1, 0.15) is 17.2 Å². The average Bonchev–Trinajstić information content (AvgIpc) is 3.17. The van der Waals surface area contributed by atoms with Gasteiger partial charge < -0.3 is 19.3 Å². The number of benzene rings is 2. The molecule has 186 valence electrons. The van der Waals surface area contributed by atoms with Crippen LogP contribution in [0.1, 0.15) is 43.0 Å². The van der Waals surface area contributed by atoms with E-state index < -0.39 is 12.2 Å². The number of nitrogens with zero attached hydrogens (tertiary/aromatic N) is 5. The van der Waals surface area contributed by atoms with E-state index in [2.05, 4.69) is 19.4 Å². The smallest absolute Gasteiger partial charge is 0.387 e. The lowest BCUT2D eigenvalue weighted by Crippen LogP contribution is -2.34. The molecule has 6 rings (SSSR count). The van der Waals surface area contributed by atoms with Gasteiger partial charge in [0.2, 0.25) is 0 Å². The average molecular weight is 492 g/mol. The minimum Gasteiger partial charge on any atom is -0.434 e. The Labute approximate surface area is 207 Å². The van der Waals surface area contributed by atoms with Gasteiger partial charge in [-0.05, 0) is 56.0 Å². The van der Waals surface area contributed by atoms with Crippen molar-refractivity contribution in [3.05, 3.63) is 65.5 Å². The van der Waals surface area contributed by atoms with E-state index in [1.165, 1.54) is 5.56 Å². The summed E-state index contributed by atoms with van der Waals surface area (Å²) in [5.41, 5.74) is 5.35. The van der Waals surface area contributed by atoms with E-state index in [0.29, 0.717) is 12.4 Å². The molecule has 0 unspecified atom stereocenters. The van der Waals surface area contributed by atoms with E-state index in [0.717, 1.165) is 71.6 Å². The van der Waals surface area contributed by atoms with Gasteiger partial charge in [0.15, 0.2) is 5.82 Å². The Kier molecular flexibility index (Phi) is 5.40. The van der Waals surface area contributed by atoms with Crippen LogP contribution in [0.3, 0.4) is 0 Å². The van der Waals surface area contributed by atoms with Crippen molar-refractivity contribution in [2.24, 2.45) is 0 Å². The van der Waals surface area contributed by atoms with Crippen molar-refractivity contribution >= 4 is 16.7 Å². The van der Waals surface area contributed by atoms with Gasteiger partial charge in [-0.3, -0.25) is 0 Å². The van der Waals surface area contributed by atoms with Gasteiger partial charge in [-0.25, -0.2) is 15.0 Å². The highest BCUT2D eigenvalue weighted by Crippen LogP contribution is 2.40. The molecule has 0 fully saturated rings. The molecule has 0 radical (unpaired) electrons. The van der Waals surface area contributed by atoms with Crippen molar-refractivity contribution in [1.29, 1.82) is 0 Å². The second kappa shape index (κ2) is 8.51. The molecule has 2 aromatic carbocycles. The fraction of sp³-hybridized carbons (Fsp3) is 0.370. The maximum absolute atomic E-state index is 13.3. The number of hydrogen-bond donors (Lipinski definition) is 1. The van der Waals surface area contributed by atoms with Crippen molar-refractivity contribution in [3.63, 3.8) is 0 Å². The highest BCUT2D eigenvalue weighted by Gasteiger charge is 2.28. The summed E-state index contributed by atoms with van der Waals surface area (Å²) in [6.45, 7) is 2.45. The fourth-order valence-electron chi connectivity index (χ4n) is 5.32. The molecule has 0 bridgehead atoms. The molecule has 0 amide bonds. The van der Waals surface area contributed by atoms with Crippen LogP contribution in [-0.2, 0) is 25.0 Å². The van der Waals surface area contributed by atoms with Crippen molar-refractivity contribution in [3.8, 4) is 16.9 Å². The van der Waals surface area contributed by atoms with Crippen LogP contribution in [0.5, 0.6) is 5.75 Å². The van der Waals surface area contributed by atoms with Crippen molar-refractivity contribution < 1.29 is 18.6 Å². The molecule has 0 saturated heterocycles. The first-order valence-corrected chi connectivity index (χ1v) is 12.2. The quantitative estimate of drug-likeness (QED) is 0.447. The lowest BCUT2D eigenvalue weighted by Gasteiger charge is -2.35. The standard InChI is InChI=1S/C27H27F2N5O2/c1-27(2,35)25-30-13-18(14-31-25)17-5-7-20-21(12-17)34-15-19-22(36-26(28)29)8-6-16-4-3-10-33(24(16)19)11-9-23(34)32-20/h5-8,12-14,26,35H,3-4,9-11,15H2,1-2H3. The molecule has 0 spiro atoms. The van der Waals surface area contributed by atoms with Gasteiger partial charge >= 0.3 is 6.61 Å². The Balaban J connectivity index is 1.47. The second-order valence-electron chi connectivity index (χ2n) is 9.94. The molecule has 7 nitrogen and oxygen atoms in total. The number of alkyl halides is 2. The summed E-state index contributed by atoms with van der Waals surface area (Å²) in [7, 11) is 0. The summed E-state index contributed by atoms with van der Waals surface area (Å²) >= 11 is 0. The normalized spacial score (nSPS) is 15.4. The maximum Gasteiger partial charge on any atom is 0.387 e. The number of fused-ring (bicyclic) bond motifs is 3. The first kappa shape index (κ1) is 22.8. The molecule has 1 N–H and O–H groups in total. The Hall–Kier alpha value is -3.59. The predicted octanol–water partition coefficient (Wildman–Crippen LogP) is 4.68. The molecule has 2 aromatic heterocycles. The second-order valence-corrected chi connectivity index (χ2v) is 9.94. The number of aromatic nitrogens is 4. The summed E-state index contributed by atoms with van der Waals surface area (Å²) in [5, 5.41) is 10.2. The molecule has 0 atom stereocenters. The Morgan fingerprint density at radius 3 is 2.58 bits per heavy atom. The van der Waals surface area contributed by atoms with Crippen LogP contribution in [0.15, 0.2) is 42.7 Å². The summed E-state index contributed by atoms with van der Waals surface area (Å²) in [6.07, 6.45) is 6.12. The summed E-state index contributed by atoms with van der Waals surface area (Å²) in [4.78, 5) is 15.9. The topological polar surface area (TPSA) is 76.3 Å². The molecule has 4 aromatic rings. The molecule has 0 saturated carbocycles. The van der Waals surface area contributed by atoms with Gasteiger partial charge in [0.25, 0.3) is 0 Å². The number of aliphatic hydroxyl groups is 1. The lowest BCUT2D eigenvalue weighted by molar-refractivity contribution is -0.0504. The van der Waals surface area contributed by atoms with Crippen LogP contribution < -0.4 is 9.64 Å². The highest BCUT2D eigenvalue weighted by molar-refractivity contribution is 5.83. The number of ether oxygens (including phenoxy) is 1. The van der Waals surface area contributed by atoms with Crippen molar-refractivity contribution in [2.45, 2.75) is 51.9 Å². The molecule has 36 heavy (non-hydrogen) atoms. The Morgan fingerprint density at radius 1 is 1.03 bits per heavy atom. The Morgan fingerprint density at radius 2 is 1.83 bits per heavy atom. The molecule has 2 aliphatic heterocycles. The molecule has 0 aliphatic carbocycles. The van der Waals surface area contributed by atoms with E-state index in [1.54, 1.807) is 32.3 Å². The zero-order valence-electron chi connectivity index (χ0n) is 20.2. The zero-order valence-corrected chi connectivity index (χ0v) is 20.2. The monoisotopic (exact) mass is 491 g/mol. The van der Waals surface area contributed by atoms with E-state index in [9.17, 15) is 13.9 Å². The molecular formula is C27H27F2N5O2. The third-order valence-electron chi connectivity index (χ3n) is 7.01. The summed E-state index contributed by atoms with van der Waals surface area (Å²) in [5.74, 6) is 1.49. The van der Waals surface area contributed by atoms with Crippen LogP contribution in [0.2, 0.25) is 0 Å². The predicted molar refractivity (Wildman–Crippen MR) is 132 cm³/mol. The molecule has 4 heterocycles. The van der Waals surface area contributed by atoms with Gasteiger partial charge in [0.05, 0.1) is 17.6 Å². The van der Waals surface area contributed by atoms with E-state index >= 15 is 0 Å². The van der Waals surface area contributed by atoms with Crippen LogP contribution in [0.4, 0.5) is 14.5 Å². The van der Waals surface area contributed by atoms with Crippen LogP contribution in [0.25, 0.3) is 22.2 Å². The minimum atomic E-state index is -2.89. The van der Waals surface area contributed by atoms with Crippen LogP contribution in [0, 0.1) is 0 Å². The van der Waals surface area contributed by atoms with Gasteiger partial charge in [-0.2, -0.15) is 8.78 Å². The third-order valence-corrected chi connectivity index (χ3v) is 7.01.